The van der Waals surface area contributed by atoms with Crippen LogP contribution in [-0.2, 0) is 9.63 Å². The second-order valence-electron chi connectivity index (χ2n) is 2.17. The number of hydroxylamine groups is 2. The minimum Gasteiger partial charge on any atom is -0.271 e. The standard InChI is InChI=1S/C6H10ClNO2/c7-5-6(9)8-3-1-2-4-10-8/h1-5H2. The van der Waals surface area contributed by atoms with E-state index in [1.165, 1.54) is 5.06 Å². The third kappa shape index (κ3) is 1.85. The summed E-state index contributed by atoms with van der Waals surface area (Å²) in [6.07, 6.45) is 2.05. The van der Waals surface area contributed by atoms with E-state index < -0.39 is 0 Å². The van der Waals surface area contributed by atoms with Crippen molar-refractivity contribution < 1.29 is 9.63 Å². The molecule has 1 saturated heterocycles. The number of hydrogen-bond acceptors (Lipinski definition) is 2. The number of halogens is 1. The van der Waals surface area contributed by atoms with Crippen molar-refractivity contribution in [2.75, 3.05) is 19.0 Å². The lowest BCUT2D eigenvalue weighted by molar-refractivity contribution is -0.194. The molecular formula is C6H10ClNO2. The Balaban J connectivity index is 2.31. The molecule has 3 nitrogen and oxygen atoms in total. The van der Waals surface area contributed by atoms with Gasteiger partial charge in [-0.05, 0) is 12.8 Å². The molecule has 58 valence electrons. The van der Waals surface area contributed by atoms with Gasteiger partial charge in [-0.25, -0.2) is 5.06 Å². The summed E-state index contributed by atoms with van der Waals surface area (Å²) in [5.74, 6) is -0.124. The normalized spacial score (nSPS) is 19.1. The number of alkyl halides is 1. The van der Waals surface area contributed by atoms with E-state index >= 15 is 0 Å². The van der Waals surface area contributed by atoms with Crippen LogP contribution in [0.2, 0.25) is 0 Å². The average molecular weight is 164 g/mol. The summed E-state index contributed by atoms with van der Waals surface area (Å²) in [6, 6.07) is 0. The van der Waals surface area contributed by atoms with Crippen molar-refractivity contribution >= 4 is 17.5 Å². The Kier molecular flexibility index (Phi) is 2.96. The van der Waals surface area contributed by atoms with Gasteiger partial charge in [0.15, 0.2) is 0 Å². The summed E-state index contributed by atoms with van der Waals surface area (Å²) in [6.45, 7) is 1.33. The van der Waals surface area contributed by atoms with Gasteiger partial charge in [-0.3, -0.25) is 9.63 Å². The molecule has 0 saturated carbocycles. The van der Waals surface area contributed by atoms with Gasteiger partial charge in [-0.2, -0.15) is 0 Å². The molecule has 0 atom stereocenters. The highest BCUT2D eigenvalue weighted by molar-refractivity contribution is 6.27. The van der Waals surface area contributed by atoms with Crippen molar-refractivity contribution in [3.05, 3.63) is 0 Å². The lowest BCUT2D eigenvalue weighted by Gasteiger charge is -2.24. The monoisotopic (exact) mass is 163 g/mol. The molecule has 0 aromatic carbocycles. The van der Waals surface area contributed by atoms with E-state index in [1.54, 1.807) is 0 Å². The van der Waals surface area contributed by atoms with Gasteiger partial charge in [0.1, 0.15) is 5.88 Å². The summed E-state index contributed by atoms with van der Waals surface area (Å²) in [7, 11) is 0. The quantitative estimate of drug-likeness (QED) is 0.535. The summed E-state index contributed by atoms with van der Waals surface area (Å²) in [5, 5.41) is 1.34. The Morgan fingerprint density at radius 1 is 1.60 bits per heavy atom. The van der Waals surface area contributed by atoms with Crippen LogP contribution in [0.15, 0.2) is 0 Å². The molecule has 1 aliphatic heterocycles. The minimum atomic E-state index is -0.138. The van der Waals surface area contributed by atoms with Crippen molar-refractivity contribution in [3.63, 3.8) is 0 Å². The second kappa shape index (κ2) is 3.78. The maximum Gasteiger partial charge on any atom is 0.261 e. The Morgan fingerprint density at radius 3 is 2.90 bits per heavy atom. The number of rotatable bonds is 1. The predicted molar refractivity (Wildman–Crippen MR) is 37.6 cm³/mol. The van der Waals surface area contributed by atoms with Crippen molar-refractivity contribution in [3.8, 4) is 0 Å². The van der Waals surface area contributed by atoms with Crippen LogP contribution < -0.4 is 0 Å². The first-order valence-electron chi connectivity index (χ1n) is 3.34. The molecule has 10 heavy (non-hydrogen) atoms. The van der Waals surface area contributed by atoms with E-state index in [1.807, 2.05) is 0 Å². The number of nitrogens with zero attached hydrogens (tertiary/aromatic N) is 1. The Morgan fingerprint density at radius 2 is 2.40 bits per heavy atom. The highest BCUT2D eigenvalue weighted by Gasteiger charge is 2.15. The summed E-state index contributed by atoms with van der Waals surface area (Å²) in [4.78, 5) is 15.9. The SMILES string of the molecule is O=C(CCl)N1CCCCO1. The summed E-state index contributed by atoms with van der Waals surface area (Å²) >= 11 is 5.31. The van der Waals surface area contributed by atoms with E-state index in [0.29, 0.717) is 13.2 Å². The molecule has 0 unspecified atom stereocenters. The zero-order valence-electron chi connectivity index (χ0n) is 5.68. The van der Waals surface area contributed by atoms with E-state index in [4.69, 9.17) is 16.4 Å². The Labute approximate surface area is 64.9 Å². The third-order valence-corrected chi connectivity index (χ3v) is 1.62. The van der Waals surface area contributed by atoms with Crippen LogP contribution in [0.1, 0.15) is 12.8 Å². The van der Waals surface area contributed by atoms with Gasteiger partial charge in [0, 0.05) is 6.54 Å². The topological polar surface area (TPSA) is 29.5 Å². The second-order valence-corrected chi connectivity index (χ2v) is 2.44. The molecule has 0 spiro atoms. The van der Waals surface area contributed by atoms with Crippen molar-refractivity contribution in [2.45, 2.75) is 12.8 Å². The fourth-order valence-electron chi connectivity index (χ4n) is 0.860. The van der Waals surface area contributed by atoms with E-state index in [-0.39, 0.29) is 11.8 Å². The molecule has 1 fully saturated rings. The van der Waals surface area contributed by atoms with Crippen LogP contribution in [0.3, 0.4) is 0 Å². The Hall–Kier alpha value is -0.280. The van der Waals surface area contributed by atoms with E-state index in [9.17, 15) is 4.79 Å². The lowest BCUT2D eigenvalue weighted by Crippen LogP contribution is -2.36. The zero-order valence-corrected chi connectivity index (χ0v) is 6.43. The van der Waals surface area contributed by atoms with Gasteiger partial charge in [-0.15, -0.1) is 11.6 Å². The third-order valence-electron chi connectivity index (χ3n) is 1.40. The molecule has 0 aliphatic carbocycles. The van der Waals surface area contributed by atoms with Gasteiger partial charge in [0.05, 0.1) is 6.61 Å². The molecule has 1 heterocycles. The van der Waals surface area contributed by atoms with Crippen LogP contribution in [0.4, 0.5) is 0 Å². The maximum atomic E-state index is 10.8. The maximum absolute atomic E-state index is 10.8. The Bertz CT molecular complexity index is 123. The van der Waals surface area contributed by atoms with Crippen LogP contribution in [-0.4, -0.2) is 30.0 Å². The molecular weight excluding hydrogens is 154 g/mol. The van der Waals surface area contributed by atoms with Crippen LogP contribution in [0, 0.1) is 0 Å². The molecule has 1 aliphatic rings. The molecule has 0 aromatic heterocycles. The average Bonchev–Trinajstić information content (AvgIpc) is 2.05. The van der Waals surface area contributed by atoms with E-state index in [0.717, 1.165) is 12.8 Å². The number of amides is 1. The molecule has 4 heteroatoms. The fourth-order valence-corrected chi connectivity index (χ4v) is 0.993. The molecule has 0 aromatic rings. The van der Waals surface area contributed by atoms with Gasteiger partial charge < -0.3 is 0 Å². The first-order chi connectivity index (χ1) is 4.84. The van der Waals surface area contributed by atoms with Crippen LogP contribution >= 0.6 is 11.6 Å². The number of carbonyl (C=O) groups excluding carboxylic acids is 1. The van der Waals surface area contributed by atoms with Crippen molar-refractivity contribution in [1.82, 2.24) is 5.06 Å². The van der Waals surface area contributed by atoms with Gasteiger partial charge in [0.25, 0.3) is 5.91 Å². The van der Waals surface area contributed by atoms with Crippen LogP contribution in [0.5, 0.6) is 0 Å². The first kappa shape index (κ1) is 7.82. The highest BCUT2D eigenvalue weighted by Crippen LogP contribution is 2.05. The molecule has 0 N–H and O–H groups in total. The van der Waals surface area contributed by atoms with Gasteiger partial charge in [-0.1, -0.05) is 0 Å². The smallest absolute Gasteiger partial charge is 0.261 e. The fraction of sp³-hybridized carbons (Fsp3) is 0.833. The lowest BCUT2D eigenvalue weighted by atomic mass is 10.3. The molecule has 0 radical (unpaired) electrons. The first-order valence-corrected chi connectivity index (χ1v) is 3.87. The minimum absolute atomic E-state index is 0.0139. The van der Waals surface area contributed by atoms with E-state index in [2.05, 4.69) is 0 Å². The summed E-state index contributed by atoms with van der Waals surface area (Å²) < 4.78 is 0. The van der Waals surface area contributed by atoms with Crippen LogP contribution in [0.25, 0.3) is 0 Å². The molecule has 1 amide bonds. The van der Waals surface area contributed by atoms with Gasteiger partial charge in [0.2, 0.25) is 0 Å². The molecule has 1 rings (SSSR count). The highest BCUT2D eigenvalue weighted by atomic mass is 35.5. The predicted octanol–water partition coefficient (Wildman–Crippen LogP) is 0.779. The largest absolute Gasteiger partial charge is 0.271 e. The number of hydrogen-bond donors (Lipinski definition) is 0. The zero-order chi connectivity index (χ0) is 7.40. The summed E-state index contributed by atoms with van der Waals surface area (Å²) in [5.41, 5.74) is 0. The van der Waals surface area contributed by atoms with Gasteiger partial charge >= 0.3 is 0 Å². The van der Waals surface area contributed by atoms with Crippen molar-refractivity contribution in [2.24, 2.45) is 0 Å². The number of carbonyl (C=O) groups is 1. The van der Waals surface area contributed by atoms with Crippen molar-refractivity contribution in [1.29, 1.82) is 0 Å². The molecule has 0 bridgehead atoms.